The second kappa shape index (κ2) is 11.7. The van der Waals surface area contributed by atoms with E-state index in [2.05, 4.69) is 12.2 Å². The lowest BCUT2D eigenvalue weighted by Crippen LogP contribution is -2.30. The minimum absolute atomic E-state index is 0.267. The van der Waals surface area contributed by atoms with Gasteiger partial charge in [-0.3, -0.25) is 4.79 Å². The van der Waals surface area contributed by atoms with Gasteiger partial charge in [0.2, 0.25) is 0 Å². The summed E-state index contributed by atoms with van der Waals surface area (Å²) < 4.78 is 28.8. The van der Waals surface area contributed by atoms with Crippen molar-refractivity contribution in [1.29, 1.82) is 0 Å². The van der Waals surface area contributed by atoms with Crippen molar-refractivity contribution >= 4 is 11.9 Å². The highest BCUT2D eigenvalue weighted by molar-refractivity contribution is 5.92. The fourth-order valence-electron chi connectivity index (χ4n) is 2.50. The Hall–Kier alpha value is -3.09. The van der Waals surface area contributed by atoms with Crippen LogP contribution in [0, 0.1) is 5.82 Å². The number of carbonyl (C=O) groups excluding carboxylic acids is 2. The van der Waals surface area contributed by atoms with Crippen molar-refractivity contribution in [2.75, 3.05) is 26.9 Å². The first kappa shape index (κ1) is 22.2. The van der Waals surface area contributed by atoms with Crippen LogP contribution in [0.2, 0.25) is 0 Å². The van der Waals surface area contributed by atoms with Gasteiger partial charge in [-0.2, -0.15) is 0 Å². The van der Waals surface area contributed by atoms with Crippen LogP contribution in [-0.2, 0) is 16.0 Å². The van der Waals surface area contributed by atoms with Crippen LogP contribution in [-0.4, -0.2) is 38.7 Å². The molecule has 0 bridgehead atoms. The molecule has 0 spiro atoms. The van der Waals surface area contributed by atoms with Crippen molar-refractivity contribution in [2.45, 2.75) is 26.2 Å². The summed E-state index contributed by atoms with van der Waals surface area (Å²) in [4.78, 5) is 24.0. The summed E-state index contributed by atoms with van der Waals surface area (Å²) in [5.41, 5.74) is 1.17. The maximum atomic E-state index is 12.9. The molecule has 0 saturated carbocycles. The van der Waals surface area contributed by atoms with Crippen LogP contribution in [0.15, 0.2) is 42.5 Å². The Morgan fingerprint density at radius 1 is 1.07 bits per heavy atom. The van der Waals surface area contributed by atoms with E-state index < -0.39 is 11.9 Å². The molecular weight excluding hydrogens is 377 g/mol. The SMILES string of the molecule is CCCCOc1ccc(C(=O)OCC(=O)NCCc2ccc(F)cc2)cc1OC. The lowest BCUT2D eigenvalue weighted by Gasteiger charge is -2.12. The number of benzene rings is 2. The molecule has 6 nitrogen and oxygen atoms in total. The van der Waals surface area contributed by atoms with Crippen molar-refractivity contribution < 1.29 is 28.2 Å². The summed E-state index contributed by atoms with van der Waals surface area (Å²) in [5.74, 6) is -0.360. The summed E-state index contributed by atoms with van der Waals surface area (Å²) in [6.45, 7) is 2.60. The Morgan fingerprint density at radius 3 is 2.52 bits per heavy atom. The van der Waals surface area contributed by atoms with Crippen molar-refractivity contribution in [2.24, 2.45) is 0 Å². The molecule has 2 aromatic carbocycles. The van der Waals surface area contributed by atoms with Crippen molar-refractivity contribution in [3.63, 3.8) is 0 Å². The van der Waals surface area contributed by atoms with E-state index in [-0.39, 0.29) is 18.0 Å². The molecule has 2 aromatic rings. The zero-order valence-electron chi connectivity index (χ0n) is 16.7. The van der Waals surface area contributed by atoms with Gasteiger partial charge in [0.1, 0.15) is 5.82 Å². The predicted octanol–water partition coefficient (Wildman–Crippen LogP) is 3.53. The van der Waals surface area contributed by atoms with Gasteiger partial charge in [0, 0.05) is 6.54 Å². The number of hydrogen-bond donors (Lipinski definition) is 1. The van der Waals surface area contributed by atoms with Gasteiger partial charge in [0.05, 0.1) is 19.3 Å². The molecule has 2 rings (SSSR count). The number of hydrogen-bond acceptors (Lipinski definition) is 5. The van der Waals surface area contributed by atoms with Gasteiger partial charge >= 0.3 is 5.97 Å². The van der Waals surface area contributed by atoms with Gasteiger partial charge < -0.3 is 19.5 Å². The standard InChI is InChI=1S/C22H26FNO5/c1-3-4-13-28-19-10-7-17(14-20(19)27-2)22(26)29-15-21(25)24-12-11-16-5-8-18(23)9-6-16/h5-10,14H,3-4,11-13,15H2,1-2H3,(H,24,25). The number of amides is 1. The molecule has 0 unspecified atom stereocenters. The van der Waals surface area contributed by atoms with Crippen LogP contribution in [0.5, 0.6) is 11.5 Å². The van der Waals surface area contributed by atoms with Gasteiger partial charge in [-0.1, -0.05) is 25.5 Å². The monoisotopic (exact) mass is 403 g/mol. The van der Waals surface area contributed by atoms with E-state index in [0.29, 0.717) is 31.1 Å². The van der Waals surface area contributed by atoms with Crippen molar-refractivity contribution in [3.05, 3.63) is 59.4 Å². The van der Waals surface area contributed by atoms with Gasteiger partial charge in [0.15, 0.2) is 18.1 Å². The first-order valence-electron chi connectivity index (χ1n) is 9.52. The van der Waals surface area contributed by atoms with E-state index >= 15 is 0 Å². The minimum atomic E-state index is -0.628. The van der Waals surface area contributed by atoms with E-state index in [1.807, 2.05) is 0 Å². The highest BCUT2D eigenvalue weighted by Crippen LogP contribution is 2.28. The normalized spacial score (nSPS) is 10.3. The largest absolute Gasteiger partial charge is 0.493 e. The molecule has 0 aliphatic heterocycles. The third-order valence-electron chi connectivity index (χ3n) is 4.14. The Kier molecular flexibility index (Phi) is 8.95. The van der Waals surface area contributed by atoms with Crippen molar-refractivity contribution in [1.82, 2.24) is 5.32 Å². The Labute approximate surface area is 170 Å². The number of carbonyl (C=O) groups is 2. The third kappa shape index (κ3) is 7.44. The van der Waals surface area contributed by atoms with E-state index in [4.69, 9.17) is 14.2 Å². The van der Waals surface area contributed by atoms with E-state index in [9.17, 15) is 14.0 Å². The molecule has 0 aliphatic carbocycles. The quantitative estimate of drug-likeness (QED) is 0.459. The maximum Gasteiger partial charge on any atom is 0.338 e. The third-order valence-corrected chi connectivity index (χ3v) is 4.14. The van der Waals surface area contributed by atoms with Gasteiger partial charge in [-0.05, 0) is 48.7 Å². The van der Waals surface area contributed by atoms with Crippen LogP contribution >= 0.6 is 0 Å². The molecule has 1 amide bonds. The first-order valence-corrected chi connectivity index (χ1v) is 9.52. The summed E-state index contributed by atoms with van der Waals surface area (Å²) in [7, 11) is 1.49. The number of ether oxygens (including phenoxy) is 3. The fraction of sp³-hybridized carbons (Fsp3) is 0.364. The molecule has 0 saturated heterocycles. The smallest absolute Gasteiger partial charge is 0.338 e. The summed E-state index contributed by atoms with van der Waals surface area (Å²) in [6.07, 6.45) is 2.48. The average Bonchev–Trinajstić information content (AvgIpc) is 2.73. The molecule has 0 radical (unpaired) electrons. The van der Waals surface area contributed by atoms with Crippen molar-refractivity contribution in [3.8, 4) is 11.5 Å². The van der Waals surface area contributed by atoms with Gasteiger partial charge in [-0.25, -0.2) is 9.18 Å². The highest BCUT2D eigenvalue weighted by atomic mass is 19.1. The number of unbranched alkanes of at least 4 members (excludes halogenated alkanes) is 1. The summed E-state index contributed by atoms with van der Waals surface area (Å²) >= 11 is 0. The molecule has 29 heavy (non-hydrogen) atoms. The second-order valence-corrected chi connectivity index (χ2v) is 6.37. The van der Waals surface area contributed by atoms with Crippen LogP contribution in [0.1, 0.15) is 35.7 Å². The molecular formula is C22H26FNO5. The number of nitrogens with one attached hydrogen (secondary N) is 1. The Balaban J connectivity index is 1.78. The van der Waals surface area contributed by atoms with E-state index in [1.54, 1.807) is 24.3 Å². The molecule has 7 heteroatoms. The zero-order valence-corrected chi connectivity index (χ0v) is 16.7. The van der Waals surface area contributed by atoms with Crippen LogP contribution in [0.3, 0.4) is 0 Å². The molecule has 0 aliphatic rings. The second-order valence-electron chi connectivity index (χ2n) is 6.37. The zero-order chi connectivity index (χ0) is 21.1. The van der Waals surface area contributed by atoms with E-state index in [1.165, 1.54) is 25.3 Å². The first-order chi connectivity index (χ1) is 14.0. The molecule has 0 atom stereocenters. The summed E-state index contributed by atoms with van der Waals surface area (Å²) in [6, 6.07) is 10.8. The fourth-order valence-corrected chi connectivity index (χ4v) is 2.50. The lowest BCUT2D eigenvalue weighted by atomic mass is 10.1. The van der Waals surface area contributed by atoms with Crippen LogP contribution in [0.4, 0.5) is 4.39 Å². The molecule has 0 heterocycles. The van der Waals surface area contributed by atoms with Gasteiger partial charge in [-0.15, -0.1) is 0 Å². The van der Waals surface area contributed by atoms with Gasteiger partial charge in [0.25, 0.3) is 5.91 Å². The number of halogens is 1. The molecule has 1 N–H and O–H groups in total. The van der Waals surface area contributed by atoms with Crippen LogP contribution < -0.4 is 14.8 Å². The summed E-state index contributed by atoms with van der Waals surface area (Å²) in [5, 5.41) is 2.66. The number of esters is 1. The van der Waals surface area contributed by atoms with Crippen LogP contribution in [0.25, 0.3) is 0 Å². The number of rotatable bonds is 11. The number of methoxy groups -OCH3 is 1. The molecule has 0 aromatic heterocycles. The Bertz CT molecular complexity index is 807. The minimum Gasteiger partial charge on any atom is -0.493 e. The maximum absolute atomic E-state index is 12.9. The lowest BCUT2D eigenvalue weighted by molar-refractivity contribution is -0.124. The topological polar surface area (TPSA) is 73.9 Å². The predicted molar refractivity (Wildman–Crippen MR) is 107 cm³/mol. The van der Waals surface area contributed by atoms with E-state index in [0.717, 1.165) is 18.4 Å². The molecule has 156 valence electrons. The Morgan fingerprint density at radius 2 is 1.83 bits per heavy atom. The average molecular weight is 403 g/mol. The highest BCUT2D eigenvalue weighted by Gasteiger charge is 2.14. The molecule has 0 fully saturated rings.